The van der Waals surface area contributed by atoms with Crippen molar-refractivity contribution in [3.8, 4) is 0 Å². The third-order valence-electron chi connectivity index (χ3n) is 3.31. The molecule has 0 radical (unpaired) electrons. The zero-order valence-electron chi connectivity index (χ0n) is 8.80. The van der Waals surface area contributed by atoms with Crippen LogP contribution in [0.15, 0.2) is 0 Å². The summed E-state index contributed by atoms with van der Waals surface area (Å²) < 4.78 is 0. The Morgan fingerprint density at radius 2 is 1.83 bits per heavy atom. The number of hydrogen-bond donors (Lipinski definition) is 1. The van der Waals surface area contributed by atoms with Gasteiger partial charge in [-0.15, -0.1) is 0 Å². The fraction of sp³-hybridized carbons (Fsp3) is 1.00. The molecule has 1 saturated carbocycles. The number of hydrogen-bond acceptors (Lipinski definition) is 2. The Hall–Kier alpha value is -0.0800. The fourth-order valence-corrected chi connectivity index (χ4v) is 2.06. The minimum Gasteiger partial charge on any atom is -0.327 e. The standard InChI is InChI=1S/C10H22N2/c1-10(2)7-8(12(3)4)5-6-9(10)11/h8-9H,5-7,11H2,1-4H3. The maximum absolute atomic E-state index is 6.06. The van der Waals surface area contributed by atoms with Gasteiger partial charge in [0.1, 0.15) is 0 Å². The summed E-state index contributed by atoms with van der Waals surface area (Å²) in [5.74, 6) is 0. The summed E-state index contributed by atoms with van der Waals surface area (Å²) in [4.78, 5) is 2.33. The topological polar surface area (TPSA) is 29.3 Å². The Bertz CT molecular complexity index is 152. The van der Waals surface area contributed by atoms with E-state index in [4.69, 9.17) is 5.73 Å². The summed E-state index contributed by atoms with van der Waals surface area (Å²) in [6.07, 6.45) is 3.68. The molecule has 1 rings (SSSR count). The molecule has 0 bridgehead atoms. The molecular weight excluding hydrogens is 148 g/mol. The largest absolute Gasteiger partial charge is 0.327 e. The van der Waals surface area contributed by atoms with Crippen LogP contribution >= 0.6 is 0 Å². The lowest BCUT2D eigenvalue weighted by atomic mass is 9.71. The molecule has 2 unspecified atom stereocenters. The molecule has 0 aromatic carbocycles. The average molecular weight is 170 g/mol. The predicted molar refractivity (Wildman–Crippen MR) is 53.1 cm³/mol. The second-order valence-corrected chi connectivity index (χ2v) is 4.99. The van der Waals surface area contributed by atoms with Gasteiger partial charge in [-0.25, -0.2) is 0 Å². The van der Waals surface area contributed by atoms with Crippen molar-refractivity contribution < 1.29 is 0 Å². The first kappa shape index (κ1) is 10.0. The van der Waals surface area contributed by atoms with Gasteiger partial charge in [0, 0.05) is 12.1 Å². The van der Waals surface area contributed by atoms with Crippen LogP contribution in [0.4, 0.5) is 0 Å². The fourth-order valence-electron chi connectivity index (χ4n) is 2.06. The van der Waals surface area contributed by atoms with Gasteiger partial charge >= 0.3 is 0 Å². The first-order valence-electron chi connectivity index (χ1n) is 4.85. The van der Waals surface area contributed by atoms with Crippen LogP contribution in [0.2, 0.25) is 0 Å². The smallest absolute Gasteiger partial charge is 0.00954 e. The lowest BCUT2D eigenvalue weighted by molar-refractivity contribution is 0.111. The van der Waals surface area contributed by atoms with Crippen molar-refractivity contribution in [1.82, 2.24) is 4.90 Å². The Morgan fingerprint density at radius 3 is 2.25 bits per heavy atom. The molecule has 0 spiro atoms. The van der Waals surface area contributed by atoms with Gasteiger partial charge in [-0.1, -0.05) is 13.8 Å². The molecule has 72 valence electrons. The van der Waals surface area contributed by atoms with E-state index >= 15 is 0 Å². The Kier molecular flexibility index (Phi) is 2.79. The molecule has 1 aliphatic carbocycles. The van der Waals surface area contributed by atoms with Crippen molar-refractivity contribution in [3.63, 3.8) is 0 Å². The molecule has 2 nitrogen and oxygen atoms in total. The first-order valence-corrected chi connectivity index (χ1v) is 4.85. The summed E-state index contributed by atoms with van der Waals surface area (Å²) in [6.45, 7) is 4.57. The van der Waals surface area contributed by atoms with E-state index in [9.17, 15) is 0 Å². The predicted octanol–water partition coefficient (Wildman–Crippen LogP) is 1.45. The molecule has 0 aromatic heterocycles. The molecule has 2 N–H and O–H groups in total. The minimum absolute atomic E-state index is 0.327. The van der Waals surface area contributed by atoms with E-state index in [0.717, 1.165) is 6.04 Å². The SMILES string of the molecule is CN(C)C1CCC(N)C(C)(C)C1. The molecule has 0 aromatic rings. The molecule has 0 amide bonds. The van der Waals surface area contributed by atoms with Gasteiger partial charge in [-0.05, 0) is 38.8 Å². The highest BCUT2D eigenvalue weighted by atomic mass is 15.1. The minimum atomic E-state index is 0.327. The van der Waals surface area contributed by atoms with Crippen LogP contribution in [0, 0.1) is 5.41 Å². The van der Waals surface area contributed by atoms with Crippen molar-refractivity contribution in [2.24, 2.45) is 11.1 Å². The van der Waals surface area contributed by atoms with Crippen molar-refractivity contribution in [2.45, 2.75) is 45.2 Å². The highest BCUT2D eigenvalue weighted by Gasteiger charge is 2.34. The maximum Gasteiger partial charge on any atom is 0.00954 e. The molecule has 1 aliphatic rings. The zero-order valence-corrected chi connectivity index (χ0v) is 8.80. The van der Waals surface area contributed by atoms with Crippen LogP contribution in [0.25, 0.3) is 0 Å². The van der Waals surface area contributed by atoms with Crippen molar-refractivity contribution >= 4 is 0 Å². The van der Waals surface area contributed by atoms with E-state index in [1.807, 2.05) is 0 Å². The van der Waals surface area contributed by atoms with Crippen LogP contribution in [-0.4, -0.2) is 31.1 Å². The van der Waals surface area contributed by atoms with Gasteiger partial charge in [0.05, 0.1) is 0 Å². The van der Waals surface area contributed by atoms with Crippen LogP contribution in [0.5, 0.6) is 0 Å². The lowest BCUT2D eigenvalue weighted by Gasteiger charge is -2.42. The maximum atomic E-state index is 6.06. The van der Waals surface area contributed by atoms with Crippen molar-refractivity contribution in [2.75, 3.05) is 14.1 Å². The summed E-state index contributed by atoms with van der Waals surface area (Å²) in [5, 5.41) is 0. The van der Waals surface area contributed by atoms with E-state index < -0.39 is 0 Å². The van der Waals surface area contributed by atoms with Crippen molar-refractivity contribution in [1.29, 1.82) is 0 Å². The van der Waals surface area contributed by atoms with Crippen LogP contribution in [0.1, 0.15) is 33.1 Å². The highest BCUT2D eigenvalue weighted by Crippen LogP contribution is 2.35. The average Bonchev–Trinajstić information content (AvgIpc) is 1.94. The monoisotopic (exact) mass is 170 g/mol. The van der Waals surface area contributed by atoms with E-state index in [-0.39, 0.29) is 0 Å². The Morgan fingerprint density at radius 1 is 1.25 bits per heavy atom. The summed E-state index contributed by atoms with van der Waals surface area (Å²) in [5.41, 5.74) is 6.38. The normalized spacial score (nSPS) is 35.5. The molecule has 12 heavy (non-hydrogen) atoms. The van der Waals surface area contributed by atoms with Gasteiger partial charge in [0.15, 0.2) is 0 Å². The molecule has 0 saturated heterocycles. The van der Waals surface area contributed by atoms with Gasteiger partial charge < -0.3 is 10.6 Å². The van der Waals surface area contributed by atoms with Crippen LogP contribution in [0.3, 0.4) is 0 Å². The second-order valence-electron chi connectivity index (χ2n) is 4.99. The Balaban J connectivity index is 2.57. The first-order chi connectivity index (χ1) is 5.43. The zero-order chi connectivity index (χ0) is 9.35. The third kappa shape index (κ3) is 1.99. The van der Waals surface area contributed by atoms with Gasteiger partial charge in [0.25, 0.3) is 0 Å². The summed E-state index contributed by atoms with van der Waals surface area (Å²) >= 11 is 0. The van der Waals surface area contributed by atoms with E-state index in [0.29, 0.717) is 11.5 Å². The number of rotatable bonds is 1. The lowest BCUT2D eigenvalue weighted by Crippen LogP contribution is -2.47. The van der Waals surface area contributed by atoms with Gasteiger partial charge in [-0.3, -0.25) is 0 Å². The molecule has 1 fully saturated rings. The number of nitrogens with zero attached hydrogens (tertiary/aromatic N) is 1. The van der Waals surface area contributed by atoms with Gasteiger partial charge in [0.2, 0.25) is 0 Å². The van der Waals surface area contributed by atoms with Crippen LogP contribution in [-0.2, 0) is 0 Å². The van der Waals surface area contributed by atoms with E-state index in [1.54, 1.807) is 0 Å². The van der Waals surface area contributed by atoms with Crippen molar-refractivity contribution in [3.05, 3.63) is 0 Å². The van der Waals surface area contributed by atoms with Gasteiger partial charge in [-0.2, -0.15) is 0 Å². The molecule has 2 atom stereocenters. The second kappa shape index (κ2) is 3.35. The van der Waals surface area contributed by atoms with Crippen LogP contribution < -0.4 is 5.73 Å². The molecule has 2 heteroatoms. The third-order valence-corrected chi connectivity index (χ3v) is 3.31. The highest BCUT2D eigenvalue weighted by molar-refractivity contribution is 4.91. The quantitative estimate of drug-likeness (QED) is 0.645. The molecular formula is C10H22N2. The summed E-state index contributed by atoms with van der Waals surface area (Å²) in [6, 6.07) is 1.13. The number of nitrogens with two attached hydrogens (primary N) is 1. The Labute approximate surface area is 76.1 Å². The van der Waals surface area contributed by atoms with E-state index in [1.165, 1.54) is 19.3 Å². The van der Waals surface area contributed by atoms with E-state index in [2.05, 4.69) is 32.8 Å². The molecule has 0 aliphatic heterocycles. The molecule has 0 heterocycles. The summed E-state index contributed by atoms with van der Waals surface area (Å²) in [7, 11) is 4.33.